The summed E-state index contributed by atoms with van der Waals surface area (Å²) in [6.45, 7) is 0. The Morgan fingerprint density at radius 2 is 2.28 bits per heavy atom. The third-order valence-electron chi connectivity index (χ3n) is 2.29. The van der Waals surface area contributed by atoms with E-state index in [1.165, 1.54) is 11.3 Å². The molecule has 3 aromatic rings. The number of nitrogens with two attached hydrogens (primary N) is 1. The minimum atomic E-state index is -0.286. The molecule has 0 saturated carbocycles. The van der Waals surface area contributed by atoms with Crippen molar-refractivity contribution in [3.8, 4) is 0 Å². The molecule has 0 saturated heterocycles. The Hall–Kier alpha value is -1.76. The van der Waals surface area contributed by atoms with Crippen molar-refractivity contribution in [2.45, 2.75) is 0 Å². The van der Waals surface area contributed by atoms with Gasteiger partial charge in [-0.1, -0.05) is 0 Å². The summed E-state index contributed by atoms with van der Waals surface area (Å²) in [6, 6.07) is 5.52. The molecule has 6 nitrogen and oxygen atoms in total. The van der Waals surface area contributed by atoms with Gasteiger partial charge in [-0.05, 0) is 0 Å². The average Bonchev–Trinajstić information content (AvgIpc) is 2.97. The number of hydrogen-bond donors (Lipinski definition) is 2. The van der Waals surface area contributed by atoms with Gasteiger partial charge in [0.05, 0.1) is 0 Å². The number of nitrogen functional groups attached to an aromatic ring is 1. The second-order valence-electron chi connectivity index (χ2n) is 3.46. The molecule has 0 atom stereocenters. The molecule has 0 bridgehead atoms. The topological polar surface area (TPSA) is 93.8 Å². The Morgan fingerprint density at radius 3 is 3.06 bits per heavy atom. The van der Waals surface area contributed by atoms with Crippen molar-refractivity contribution in [1.29, 1.82) is 0 Å². The molecule has 0 aliphatic rings. The molecule has 3 rings (SSSR count). The molecule has 0 spiro atoms. The standard InChI is InChI=1S/C10H7N5OSSe/c11-10-13-7(4-17-10)9(16)12-5-2-1-3-6-8(5)15-18-14-6/h1-4H,(H2,11,13)(H,12,16). The third kappa shape index (κ3) is 2.01. The fraction of sp³-hybridized carbons (Fsp3) is 0. The summed E-state index contributed by atoms with van der Waals surface area (Å²) in [7, 11) is 0. The van der Waals surface area contributed by atoms with Crippen LogP contribution in [0.4, 0.5) is 10.8 Å². The van der Waals surface area contributed by atoms with Gasteiger partial charge >= 0.3 is 112 Å². The van der Waals surface area contributed by atoms with Crippen molar-refractivity contribution in [2.24, 2.45) is 0 Å². The van der Waals surface area contributed by atoms with Gasteiger partial charge in [-0.15, -0.1) is 0 Å². The fourth-order valence-corrected chi connectivity index (χ4v) is 3.18. The summed E-state index contributed by atoms with van der Waals surface area (Å²) >= 11 is 1.12. The zero-order chi connectivity index (χ0) is 12.5. The average molecular weight is 324 g/mol. The Bertz CT molecular complexity index is 722. The van der Waals surface area contributed by atoms with Crippen molar-refractivity contribution in [3.05, 3.63) is 29.3 Å². The van der Waals surface area contributed by atoms with Crippen LogP contribution in [0.25, 0.3) is 11.0 Å². The number of rotatable bonds is 2. The molecule has 0 aliphatic heterocycles. The van der Waals surface area contributed by atoms with E-state index >= 15 is 0 Å². The molecule has 3 N–H and O–H groups in total. The summed E-state index contributed by atoms with van der Waals surface area (Å²) in [6.07, 6.45) is 0. The third-order valence-corrected chi connectivity index (χ3v) is 4.10. The van der Waals surface area contributed by atoms with E-state index in [1.54, 1.807) is 11.4 Å². The van der Waals surface area contributed by atoms with Crippen LogP contribution >= 0.6 is 11.3 Å². The number of hydrogen-bond acceptors (Lipinski definition) is 6. The molecule has 1 aromatic carbocycles. The van der Waals surface area contributed by atoms with Crippen LogP contribution in [0, 0.1) is 0 Å². The first-order valence-corrected chi connectivity index (χ1v) is 7.39. The predicted molar refractivity (Wildman–Crippen MR) is 71.0 cm³/mol. The van der Waals surface area contributed by atoms with Gasteiger partial charge in [0, 0.05) is 0 Å². The molecule has 18 heavy (non-hydrogen) atoms. The fourth-order valence-electron chi connectivity index (χ4n) is 1.49. The van der Waals surface area contributed by atoms with Crippen molar-refractivity contribution in [1.82, 2.24) is 12.9 Å². The van der Waals surface area contributed by atoms with Gasteiger partial charge in [0.25, 0.3) is 0 Å². The van der Waals surface area contributed by atoms with Crippen LogP contribution in [-0.2, 0) is 0 Å². The zero-order valence-electron chi connectivity index (χ0n) is 8.95. The first kappa shape index (κ1) is 11.3. The maximum atomic E-state index is 11.9. The number of fused-ring (bicyclic) bond motifs is 1. The quantitative estimate of drug-likeness (QED) is 0.685. The van der Waals surface area contributed by atoms with Gasteiger partial charge < -0.3 is 0 Å². The van der Waals surface area contributed by atoms with E-state index in [0.29, 0.717) is 16.5 Å². The van der Waals surface area contributed by atoms with Gasteiger partial charge in [0.2, 0.25) is 0 Å². The molecule has 2 aromatic heterocycles. The molecular weight excluding hydrogens is 317 g/mol. The molecule has 2 heterocycles. The molecule has 0 fully saturated rings. The Labute approximate surface area is 112 Å². The van der Waals surface area contributed by atoms with E-state index in [4.69, 9.17) is 5.73 Å². The zero-order valence-corrected chi connectivity index (χ0v) is 11.5. The first-order chi connectivity index (χ1) is 8.74. The van der Waals surface area contributed by atoms with Crippen LogP contribution in [0.2, 0.25) is 0 Å². The van der Waals surface area contributed by atoms with Crippen LogP contribution in [0.1, 0.15) is 10.5 Å². The van der Waals surface area contributed by atoms with E-state index < -0.39 is 0 Å². The summed E-state index contributed by atoms with van der Waals surface area (Å²) in [5, 5.41) is 4.78. The number of carbonyl (C=O) groups excluding carboxylic acids is 1. The van der Waals surface area contributed by atoms with Gasteiger partial charge in [0.15, 0.2) is 0 Å². The van der Waals surface area contributed by atoms with Crippen LogP contribution in [-0.4, -0.2) is 33.8 Å². The maximum absolute atomic E-state index is 11.9. The van der Waals surface area contributed by atoms with E-state index in [1.807, 2.05) is 12.1 Å². The van der Waals surface area contributed by atoms with Gasteiger partial charge in [-0.25, -0.2) is 0 Å². The minimum absolute atomic E-state index is 0.117. The number of nitrogens with one attached hydrogen (secondary N) is 1. The van der Waals surface area contributed by atoms with Crippen LogP contribution < -0.4 is 11.1 Å². The van der Waals surface area contributed by atoms with Crippen molar-refractivity contribution in [3.63, 3.8) is 0 Å². The Balaban J connectivity index is 1.92. The summed E-state index contributed by atoms with van der Waals surface area (Å²) in [5.41, 5.74) is 8.04. The van der Waals surface area contributed by atoms with E-state index in [-0.39, 0.29) is 20.9 Å². The molecule has 0 unspecified atom stereocenters. The molecule has 90 valence electrons. The number of aromatic nitrogens is 3. The van der Waals surface area contributed by atoms with Gasteiger partial charge in [-0.2, -0.15) is 0 Å². The molecule has 1 amide bonds. The number of nitrogens with zero attached hydrogens (tertiary/aromatic N) is 3. The number of amides is 1. The van der Waals surface area contributed by atoms with Gasteiger partial charge in [-0.3, -0.25) is 0 Å². The predicted octanol–water partition coefficient (Wildman–Crippen LogP) is 0.978. The molecule has 8 heteroatoms. The number of benzene rings is 1. The molecule has 0 aliphatic carbocycles. The summed E-state index contributed by atoms with van der Waals surface area (Å²) < 4.78 is 8.54. The van der Waals surface area contributed by atoms with Crippen molar-refractivity contribution < 1.29 is 4.79 Å². The van der Waals surface area contributed by atoms with Crippen LogP contribution in [0.15, 0.2) is 23.6 Å². The SMILES string of the molecule is Nc1nc(C(=O)Nc2cccc3n[se]nc23)cs1. The van der Waals surface area contributed by atoms with E-state index in [2.05, 4.69) is 18.3 Å². The van der Waals surface area contributed by atoms with Crippen LogP contribution in [0.5, 0.6) is 0 Å². The second kappa shape index (κ2) is 4.49. The van der Waals surface area contributed by atoms with Crippen molar-refractivity contribution in [2.75, 3.05) is 11.1 Å². The Morgan fingerprint density at radius 1 is 1.39 bits per heavy atom. The second-order valence-corrected chi connectivity index (χ2v) is 5.46. The van der Waals surface area contributed by atoms with E-state index in [9.17, 15) is 4.79 Å². The summed E-state index contributed by atoms with van der Waals surface area (Å²) in [4.78, 5) is 15.9. The monoisotopic (exact) mass is 325 g/mol. The Kier molecular flexibility index (Phi) is 2.83. The number of anilines is 2. The molecular formula is C10H7N5OSSe. The number of carbonyl (C=O) groups is 1. The first-order valence-electron chi connectivity index (χ1n) is 4.97. The summed E-state index contributed by atoms with van der Waals surface area (Å²) in [5.74, 6) is -0.286. The normalized spacial score (nSPS) is 10.7. The van der Waals surface area contributed by atoms with Gasteiger partial charge in [0.1, 0.15) is 0 Å². The number of thiazole rings is 1. The van der Waals surface area contributed by atoms with E-state index in [0.717, 1.165) is 11.0 Å². The molecule has 0 radical (unpaired) electrons. The van der Waals surface area contributed by atoms with Crippen LogP contribution in [0.3, 0.4) is 0 Å². The van der Waals surface area contributed by atoms with Crippen molar-refractivity contribution >= 4 is 54.1 Å².